The molecule has 0 amide bonds. The van der Waals surface area contributed by atoms with E-state index < -0.39 is 5.82 Å². The molecule has 0 radical (unpaired) electrons. The van der Waals surface area contributed by atoms with Crippen molar-refractivity contribution >= 4 is 17.3 Å². The summed E-state index contributed by atoms with van der Waals surface area (Å²) in [5.74, 6) is 0.0465. The van der Waals surface area contributed by atoms with Crippen molar-refractivity contribution in [2.75, 3.05) is 25.0 Å². The van der Waals surface area contributed by atoms with Gasteiger partial charge in [-0.05, 0) is 38.4 Å². The fourth-order valence-corrected chi connectivity index (χ4v) is 4.84. The second-order valence-electron chi connectivity index (χ2n) is 7.09. The molecule has 0 saturated carbocycles. The molecule has 2 aliphatic heterocycles. The minimum Gasteiger partial charge on any atom is -0.371 e. The summed E-state index contributed by atoms with van der Waals surface area (Å²) in [7, 11) is 0. The number of ether oxygens (including phenoxy) is 1. The van der Waals surface area contributed by atoms with E-state index in [2.05, 4.69) is 39.2 Å². The Morgan fingerprint density at radius 3 is 3.00 bits per heavy atom. The molecule has 7 heteroatoms. The standard InChI is InChI=1S/C18H23FN4OS/c1-13-3-4-16(25-13)10-23-6-2-5-18(12-23)7-15(11-24-18)22-17-20-8-14(19)9-21-17/h3-4,8-9,15H,2,5-7,10-12H2,1H3,(H,20,21,22)/t15-,18-/m1/s1. The van der Waals surface area contributed by atoms with Crippen LogP contribution in [-0.4, -0.2) is 46.2 Å². The number of thiophene rings is 1. The Labute approximate surface area is 151 Å². The number of aryl methyl sites for hydroxylation is 1. The van der Waals surface area contributed by atoms with E-state index in [1.165, 1.54) is 22.1 Å². The van der Waals surface area contributed by atoms with E-state index in [-0.39, 0.29) is 11.6 Å². The van der Waals surface area contributed by atoms with Crippen molar-refractivity contribution in [2.24, 2.45) is 0 Å². The quantitative estimate of drug-likeness (QED) is 0.905. The van der Waals surface area contributed by atoms with Crippen molar-refractivity contribution in [3.05, 3.63) is 40.1 Å². The van der Waals surface area contributed by atoms with Gasteiger partial charge < -0.3 is 10.1 Å². The lowest BCUT2D eigenvalue weighted by Crippen LogP contribution is -2.47. The van der Waals surface area contributed by atoms with Gasteiger partial charge in [-0.3, -0.25) is 4.90 Å². The lowest BCUT2D eigenvalue weighted by atomic mass is 9.88. The van der Waals surface area contributed by atoms with E-state index in [9.17, 15) is 4.39 Å². The number of likely N-dealkylation sites (tertiary alicyclic amines) is 1. The minimum absolute atomic E-state index is 0.0811. The topological polar surface area (TPSA) is 50.3 Å². The molecule has 2 aliphatic rings. The number of aromatic nitrogens is 2. The highest BCUT2D eigenvalue weighted by atomic mass is 32.1. The summed E-state index contributed by atoms with van der Waals surface area (Å²) in [5.41, 5.74) is -0.0811. The first-order valence-corrected chi connectivity index (χ1v) is 9.58. The van der Waals surface area contributed by atoms with Gasteiger partial charge in [-0.25, -0.2) is 14.4 Å². The summed E-state index contributed by atoms with van der Waals surface area (Å²) in [6.45, 7) is 5.89. The lowest BCUT2D eigenvalue weighted by Gasteiger charge is -2.39. The van der Waals surface area contributed by atoms with Gasteiger partial charge in [-0.1, -0.05) is 0 Å². The van der Waals surface area contributed by atoms with Crippen LogP contribution in [0.25, 0.3) is 0 Å². The van der Waals surface area contributed by atoms with Crippen LogP contribution in [0.15, 0.2) is 24.5 Å². The first-order valence-electron chi connectivity index (χ1n) is 8.76. The summed E-state index contributed by atoms with van der Waals surface area (Å²) in [4.78, 5) is 13.3. The van der Waals surface area contributed by atoms with Crippen LogP contribution in [0.3, 0.4) is 0 Å². The summed E-state index contributed by atoms with van der Waals surface area (Å²) < 4.78 is 19.2. The van der Waals surface area contributed by atoms with Gasteiger partial charge in [0.2, 0.25) is 5.95 Å². The molecule has 0 aliphatic carbocycles. The zero-order chi connectivity index (χ0) is 17.3. The number of nitrogens with zero attached hydrogens (tertiary/aromatic N) is 3. The summed E-state index contributed by atoms with van der Waals surface area (Å²) in [6, 6.07) is 4.59. The molecule has 2 atom stereocenters. The van der Waals surface area contributed by atoms with Gasteiger partial charge in [-0.15, -0.1) is 11.3 Å². The van der Waals surface area contributed by atoms with Gasteiger partial charge in [0.05, 0.1) is 30.6 Å². The monoisotopic (exact) mass is 362 g/mol. The molecule has 4 heterocycles. The molecule has 5 nitrogen and oxygen atoms in total. The Hall–Kier alpha value is -1.57. The molecule has 2 fully saturated rings. The highest BCUT2D eigenvalue weighted by molar-refractivity contribution is 7.11. The van der Waals surface area contributed by atoms with Crippen molar-refractivity contribution in [3.63, 3.8) is 0 Å². The molecule has 2 saturated heterocycles. The number of rotatable bonds is 4. The van der Waals surface area contributed by atoms with E-state index >= 15 is 0 Å². The first-order chi connectivity index (χ1) is 12.1. The van der Waals surface area contributed by atoms with Crippen LogP contribution in [0.4, 0.5) is 10.3 Å². The van der Waals surface area contributed by atoms with Crippen LogP contribution >= 0.6 is 11.3 Å². The third kappa shape index (κ3) is 3.99. The molecule has 134 valence electrons. The van der Waals surface area contributed by atoms with Crippen molar-refractivity contribution in [3.8, 4) is 0 Å². The Morgan fingerprint density at radius 1 is 1.40 bits per heavy atom. The zero-order valence-electron chi connectivity index (χ0n) is 14.4. The molecular weight excluding hydrogens is 339 g/mol. The Balaban J connectivity index is 1.36. The van der Waals surface area contributed by atoms with Crippen LogP contribution in [0.2, 0.25) is 0 Å². The highest BCUT2D eigenvalue weighted by Gasteiger charge is 2.43. The van der Waals surface area contributed by atoms with E-state index in [0.717, 1.165) is 38.9 Å². The van der Waals surface area contributed by atoms with Crippen LogP contribution < -0.4 is 5.32 Å². The van der Waals surface area contributed by atoms with Crippen molar-refractivity contribution in [2.45, 2.75) is 44.4 Å². The van der Waals surface area contributed by atoms with E-state index in [0.29, 0.717) is 12.6 Å². The van der Waals surface area contributed by atoms with Crippen molar-refractivity contribution in [1.29, 1.82) is 0 Å². The maximum Gasteiger partial charge on any atom is 0.223 e. The van der Waals surface area contributed by atoms with Gasteiger partial charge in [0.25, 0.3) is 0 Å². The fraction of sp³-hybridized carbons (Fsp3) is 0.556. The fourth-order valence-electron chi connectivity index (χ4n) is 3.91. The number of hydrogen-bond acceptors (Lipinski definition) is 6. The van der Waals surface area contributed by atoms with E-state index in [4.69, 9.17) is 4.74 Å². The van der Waals surface area contributed by atoms with Crippen LogP contribution in [0, 0.1) is 12.7 Å². The summed E-state index contributed by atoms with van der Waals surface area (Å²) >= 11 is 1.87. The molecule has 0 unspecified atom stereocenters. The second kappa shape index (κ2) is 6.97. The summed E-state index contributed by atoms with van der Waals surface area (Å²) in [5, 5.41) is 3.28. The molecule has 1 N–H and O–H groups in total. The van der Waals surface area contributed by atoms with Crippen molar-refractivity contribution in [1.82, 2.24) is 14.9 Å². The average molecular weight is 362 g/mol. The Morgan fingerprint density at radius 2 is 2.24 bits per heavy atom. The smallest absolute Gasteiger partial charge is 0.223 e. The maximum atomic E-state index is 12.9. The predicted molar refractivity (Wildman–Crippen MR) is 96.3 cm³/mol. The summed E-state index contributed by atoms with van der Waals surface area (Å²) in [6.07, 6.45) is 5.56. The Bertz CT molecular complexity index is 722. The Kier molecular flexibility index (Phi) is 4.71. The van der Waals surface area contributed by atoms with Crippen molar-refractivity contribution < 1.29 is 9.13 Å². The average Bonchev–Trinajstić information content (AvgIpc) is 3.16. The van der Waals surface area contributed by atoms with Gasteiger partial charge >= 0.3 is 0 Å². The van der Waals surface area contributed by atoms with Gasteiger partial charge in [0.15, 0.2) is 5.82 Å². The molecule has 25 heavy (non-hydrogen) atoms. The van der Waals surface area contributed by atoms with Crippen LogP contribution in [0.5, 0.6) is 0 Å². The molecule has 1 spiro atoms. The van der Waals surface area contributed by atoms with E-state index in [1.54, 1.807) is 0 Å². The third-order valence-electron chi connectivity index (χ3n) is 4.96. The van der Waals surface area contributed by atoms with Crippen LogP contribution in [0.1, 0.15) is 29.0 Å². The number of halogens is 1. The second-order valence-corrected chi connectivity index (χ2v) is 8.46. The molecule has 4 rings (SSSR count). The highest BCUT2D eigenvalue weighted by Crippen LogP contribution is 2.36. The van der Waals surface area contributed by atoms with Crippen LogP contribution in [-0.2, 0) is 11.3 Å². The van der Waals surface area contributed by atoms with Gasteiger partial charge in [0.1, 0.15) is 0 Å². The molecule has 2 aromatic heterocycles. The number of hydrogen-bond donors (Lipinski definition) is 1. The first kappa shape index (κ1) is 16.9. The lowest BCUT2D eigenvalue weighted by molar-refractivity contribution is -0.0531. The molecule has 0 aromatic carbocycles. The largest absolute Gasteiger partial charge is 0.371 e. The minimum atomic E-state index is -0.420. The number of nitrogens with one attached hydrogen (secondary N) is 1. The van der Waals surface area contributed by atoms with Gasteiger partial charge in [-0.2, -0.15) is 0 Å². The predicted octanol–water partition coefficient (Wildman–Crippen LogP) is 3.22. The third-order valence-corrected chi connectivity index (χ3v) is 5.94. The maximum absolute atomic E-state index is 12.9. The SMILES string of the molecule is Cc1ccc(CN2CCC[C@@]3(C[C@@H](Nc4ncc(F)cn4)CO3)C2)s1. The molecule has 2 aromatic rings. The zero-order valence-corrected chi connectivity index (χ0v) is 15.2. The van der Waals surface area contributed by atoms with Gasteiger partial charge in [0, 0.05) is 29.3 Å². The number of piperidine rings is 1. The number of anilines is 1. The normalized spacial score (nSPS) is 27.0. The molecular formula is C18H23FN4OS. The van der Waals surface area contributed by atoms with E-state index in [1.807, 2.05) is 11.3 Å². The molecule has 0 bridgehead atoms.